The number of nitrogens with zero attached hydrogens (tertiary/aromatic N) is 3. The van der Waals surface area contributed by atoms with Crippen LogP contribution in [0.5, 0.6) is 0 Å². The van der Waals surface area contributed by atoms with Crippen LogP contribution in [0.4, 0.5) is 0 Å². The van der Waals surface area contributed by atoms with Crippen LogP contribution in [0.15, 0.2) is 83.8 Å². The van der Waals surface area contributed by atoms with E-state index in [4.69, 9.17) is 18.6 Å². The molecule has 2 aromatic carbocycles. The number of nitrogens with two attached hydrogens (primary N) is 1. The molecule has 2 N–H and O–H groups in total. The number of hydrogen-bond donors (Lipinski definition) is 1. The highest BCUT2D eigenvalue weighted by Crippen LogP contribution is 2.28. The van der Waals surface area contributed by atoms with Crippen molar-refractivity contribution in [2.45, 2.75) is 32.2 Å². The van der Waals surface area contributed by atoms with Gasteiger partial charge in [-0.1, -0.05) is 73.1 Å². The molecule has 0 aliphatic carbocycles. The lowest BCUT2D eigenvalue weighted by atomic mass is 9.94. The minimum Gasteiger partial charge on any atom is -0.330 e. The molecule has 2 radical (unpaired) electrons. The summed E-state index contributed by atoms with van der Waals surface area (Å²) in [5.74, 6) is -0.133. The smallest absolute Gasteiger partial charge is 0.261 e. The van der Waals surface area contributed by atoms with Crippen LogP contribution < -0.4 is 16.8 Å². The molecule has 0 bridgehead atoms. The van der Waals surface area contributed by atoms with Crippen molar-refractivity contribution in [3.05, 3.63) is 112 Å². The molecular formula is C28H29BN4O2. The molecule has 4 aromatic rings. The second-order valence-corrected chi connectivity index (χ2v) is 8.56. The summed E-state index contributed by atoms with van der Waals surface area (Å²) < 4.78 is 1.57. The summed E-state index contributed by atoms with van der Waals surface area (Å²) >= 11 is 0. The molecule has 0 saturated heterocycles. The summed E-state index contributed by atoms with van der Waals surface area (Å²) in [4.78, 5) is 34.1. The highest BCUT2D eigenvalue weighted by atomic mass is 16.2. The number of rotatable bonds is 9. The van der Waals surface area contributed by atoms with Crippen molar-refractivity contribution in [1.82, 2.24) is 14.3 Å². The minimum atomic E-state index is -0.386. The molecule has 1 amide bonds. The first-order chi connectivity index (χ1) is 17.0. The maximum absolute atomic E-state index is 13.7. The van der Waals surface area contributed by atoms with E-state index in [1.54, 1.807) is 39.8 Å². The standard InChI is InChI=1S/C28H29BN4O2/c1-2-24(32(18-8-16-30)27(34)21-12-14-22(29)15-13-21)26-23(19-20-9-4-3-5-10-20)28(35)33-17-7-6-11-25(33)31-26/h3-7,9-15,17,24H,2,8,16,18-19,30H2,1H3. The lowest BCUT2D eigenvalue weighted by molar-refractivity contribution is 0.0664. The zero-order chi connectivity index (χ0) is 24.8. The molecule has 2 heterocycles. The average Bonchev–Trinajstić information content (AvgIpc) is 2.89. The maximum Gasteiger partial charge on any atom is 0.261 e. The van der Waals surface area contributed by atoms with Crippen LogP contribution in [0.3, 0.4) is 0 Å². The first-order valence-electron chi connectivity index (χ1n) is 11.9. The van der Waals surface area contributed by atoms with Crippen LogP contribution >= 0.6 is 0 Å². The van der Waals surface area contributed by atoms with Gasteiger partial charge in [0.15, 0.2) is 0 Å². The zero-order valence-corrected chi connectivity index (χ0v) is 19.9. The Morgan fingerprint density at radius 3 is 2.46 bits per heavy atom. The number of benzene rings is 2. The van der Waals surface area contributed by atoms with Gasteiger partial charge in [0.25, 0.3) is 11.5 Å². The number of carbonyl (C=O) groups is 1. The molecule has 7 heteroatoms. The zero-order valence-electron chi connectivity index (χ0n) is 19.9. The summed E-state index contributed by atoms with van der Waals surface area (Å²) in [6.07, 6.45) is 3.40. The van der Waals surface area contributed by atoms with Crippen LogP contribution in [0.25, 0.3) is 5.65 Å². The fraction of sp³-hybridized carbons (Fsp3) is 0.250. The predicted octanol–water partition coefficient (Wildman–Crippen LogP) is 3.02. The summed E-state index contributed by atoms with van der Waals surface area (Å²) in [7, 11) is 5.83. The van der Waals surface area contributed by atoms with E-state index < -0.39 is 0 Å². The number of fused-ring (bicyclic) bond motifs is 1. The Kier molecular flexibility index (Phi) is 7.78. The van der Waals surface area contributed by atoms with Crippen LogP contribution in [0.1, 0.15) is 53.0 Å². The van der Waals surface area contributed by atoms with Crippen molar-refractivity contribution in [3.63, 3.8) is 0 Å². The third kappa shape index (κ3) is 5.36. The van der Waals surface area contributed by atoms with Crippen LogP contribution in [0.2, 0.25) is 0 Å². The fourth-order valence-corrected chi connectivity index (χ4v) is 4.40. The third-order valence-corrected chi connectivity index (χ3v) is 6.18. The average molecular weight is 464 g/mol. The first-order valence-corrected chi connectivity index (χ1v) is 11.9. The summed E-state index contributed by atoms with van der Waals surface area (Å²) in [6.45, 7) is 2.92. The largest absolute Gasteiger partial charge is 0.330 e. The van der Waals surface area contributed by atoms with Gasteiger partial charge < -0.3 is 10.6 Å². The van der Waals surface area contributed by atoms with Crippen LogP contribution in [-0.4, -0.2) is 41.1 Å². The van der Waals surface area contributed by atoms with Crippen molar-refractivity contribution >= 4 is 24.9 Å². The van der Waals surface area contributed by atoms with Crippen molar-refractivity contribution in [2.75, 3.05) is 13.1 Å². The molecule has 35 heavy (non-hydrogen) atoms. The highest BCUT2D eigenvalue weighted by molar-refractivity contribution is 6.32. The van der Waals surface area contributed by atoms with Crippen molar-refractivity contribution in [2.24, 2.45) is 5.73 Å². The van der Waals surface area contributed by atoms with E-state index >= 15 is 0 Å². The third-order valence-electron chi connectivity index (χ3n) is 6.18. The van der Waals surface area contributed by atoms with E-state index in [0.717, 1.165) is 5.56 Å². The number of amides is 1. The SMILES string of the molecule is [B]c1ccc(C(=O)N(CCCN)C(CC)c2nc3ccccn3c(=O)c2Cc2ccccc2)cc1. The van der Waals surface area contributed by atoms with Gasteiger partial charge in [-0.2, -0.15) is 0 Å². The molecule has 1 atom stereocenters. The monoisotopic (exact) mass is 464 g/mol. The molecule has 0 spiro atoms. The quantitative estimate of drug-likeness (QED) is 0.386. The second kappa shape index (κ2) is 11.1. The molecule has 4 rings (SSSR count). The van der Waals surface area contributed by atoms with Gasteiger partial charge in [-0.05, 0) is 37.1 Å². The van der Waals surface area contributed by atoms with E-state index in [-0.39, 0.29) is 17.5 Å². The number of hydrogen-bond acceptors (Lipinski definition) is 4. The molecule has 176 valence electrons. The lowest BCUT2D eigenvalue weighted by Crippen LogP contribution is -2.38. The normalized spacial score (nSPS) is 11.9. The molecule has 0 aliphatic rings. The van der Waals surface area contributed by atoms with Gasteiger partial charge >= 0.3 is 0 Å². The van der Waals surface area contributed by atoms with Gasteiger partial charge in [0.1, 0.15) is 13.5 Å². The van der Waals surface area contributed by atoms with E-state index in [0.29, 0.717) is 60.3 Å². The topological polar surface area (TPSA) is 80.7 Å². The first kappa shape index (κ1) is 24.4. The Hall–Kier alpha value is -3.71. The maximum atomic E-state index is 13.7. The van der Waals surface area contributed by atoms with Crippen molar-refractivity contribution in [1.29, 1.82) is 0 Å². The van der Waals surface area contributed by atoms with E-state index in [1.165, 1.54) is 0 Å². The molecule has 0 aliphatic heterocycles. The summed E-state index contributed by atoms with van der Waals surface area (Å²) in [5.41, 5.74) is 9.63. The van der Waals surface area contributed by atoms with Gasteiger partial charge in [-0.25, -0.2) is 4.98 Å². The molecular weight excluding hydrogens is 435 g/mol. The number of pyridine rings is 1. The van der Waals surface area contributed by atoms with E-state index in [1.807, 2.05) is 55.5 Å². The summed E-state index contributed by atoms with van der Waals surface area (Å²) in [6, 6.07) is 21.9. The van der Waals surface area contributed by atoms with Crippen LogP contribution in [-0.2, 0) is 6.42 Å². The second-order valence-electron chi connectivity index (χ2n) is 8.56. The van der Waals surface area contributed by atoms with Gasteiger partial charge in [0.05, 0.1) is 11.7 Å². The van der Waals surface area contributed by atoms with Gasteiger partial charge in [0.2, 0.25) is 0 Å². The molecule has 2 aromatic heterocycles. The van der Waals surface area contributed by atoms with Crippen molar-refractivity contribution < 1.29 is 4.79 Å². The lowest BCUT2D eigenvalue weighted by Gasteiger charge is -2.32. The molecule has 0 saturated carbocycles. The molecule has 6 nitrogen and oxygen atoms in total. The van der Waals surface area contributed by atoms with E-state index in [9.17, 15) is 9.59 Å². The Morgan fingerprint density at radius 2 is 1.77 bits per heavy atom. The Balaban J connectivity index is 1.86. The van der Waals surface area contributed by atoms with Crippen molar-refractivity contribution in [3.8, 4) is 0 Å². The molecule has 0 fully saturated rings. The predicted molar refractivity (Wildman–Crippen MR) is 140 cm³/mol. The molecule has 1 unspecified atom stereocenters. The van der Waals surface area contributed by atoms with E-state index in [2.05, 4.69) is 0 Å². The minimum absolute atomic E-state index is 0.119. The Morgan fingerprint density at radius 1 is 1.06 bits per heavy atom. The van der Waals surface area contributed by atoms with Crippen LogP contribution in [0, 0.1) is 0 Å². The van der Waals surface area contributed by atoms with Gasteiger partial charge in [-0.3, -0.25) is 14.0 Å². The fourth-order valence-electron chi connectivity index (χ4n) is 4.40. The highest BCUT2D eigenvalue weighted by Gasteiger charge is 2.29. The van der Waals surface area contributed by atoms with Gasteiger partial charge in [0, 0.05) is 30.3 Å². The summed E-state index contributed by atoms with van der Waals surface area (Å²) in [5, 5.41) is 0. The number of aromatic nitrogens is 2. The Labute approximate surface area is 206 Å². The number of carbonyl (C=O) groups excluding carboxylic acids is 1. The van der Waals surface area contributed by atoms with Gasteiger partial charge in [-0.15, -0.1) is 0 Å². The Bertz CT molecular complexity index is 1350.